The van der Waals surface area contributed by atoms with Crippen LogP contribution in [0, 0.1) is 5.41 Å². The minimum Gasteiger partial charge on any atom is -0.310 e. The Labute approximate surface area is 123 Å². The van der Waals surface area contributed by atoms with Gasteiger partial charge in [-0.1, -0.05) is 33.6 Å². The number of nitrogens with one attached hydrogen (secondary N) is 1. The third-order valence-corrected chi connectivity index (χ3v) is 5.52. The maximum Gasteiger partial charge on any atom is 0.0643 e. The van der Waals surface area contributed by atoms with Crippen LogP contribution in [-0.4, -0.2) is 21.9 Å². The van der Waals surface area contributed by atoms with Gasteiger partial charge < -0.3 is 5.32 Å². The van der Waals surface area contributed by atoms with Gasteiger partial charge in [0.2, 0.25) is 0 Å². The molecule has 3 heteroatoms. The first-order valence-electron chi connectivity index (χ1n) is 8.29. The van der Waals surface area contributed by atoms with Crippen molar-refractivity contribution in [2.24, 2.45) is 5.41 Å². The fourth-order valence-electron chi connectivity index (χ4n) is 4.02. The first kappa shape index (κ1) is 14.1. The number of hydrogen-bond donors (Lipinski definition) is 1. The molecule has 112 valence electrons. The molecular formula is C17H29N3. The molecule has 1 aliphatic heterocycles. The Balaban J connectivity index is 1.76. The molecule has 1 aromatic heterocycles. The van der Waals surface area contributed by atoms with Gasteiger partial charge in [-0.05, 0) is 43.7 Å². The molecule has 1 saturated carbocycles. The van der Waals surface area contributed by atoms with Gasteiger partial charge in [0.1, 0.15) is 0 Å². The lowest BCUT2D eigenvalue weighted by Gasteiger charge is -2.42. The smallest absolute Gasteiger partial charge is 0.0643 e. The summed E-state index contributed by atoms with van der Waals surface area (Å²) in [4.78, 5) is 0. The summed E-state index contributed by atoms with van der Waals surface area (Å²) in [5.74, 6) is 0. The molecule has 0 spiro atoms. The van der Waals surface area contributed by atoms with Gasteiger partial charge in [-0.15, -0.1) is 0 Å². The number of rotatable bonds is 3. The summed E-state index contributed by atoms with van der Waals surface area (Å²) >= 11 is 0. The highest BCUT2D eigenvalue weighted by Crippen LogP contribution is 2.40. The predicted octanol–water partition coefficient (Wildman–Crippen LogP) is 3.71. The molecular weight excluding hydrogens is 246 g/mol. The zero-order valence-corrected chi connectivity index (χ0v) is 13.3. The van der Waals surface area contributed by atoms with E-state index in [-0.39, 0.29) is 11.0 Å². The Hall–Kier alpha value is -0.830. The Morgan fingerprint density at radius 3 is 2.65 bits per heavy atom. The van der Waals surface area contributed by atoms with Crippen molar-refractivity contribution in [2.45, 2.75) is 77.3 Å². The van der Waals surface area contributed by atoms with E-state index in [9.17, 15) is 0 Å². The second-order valence-corrected chi connectivity index (χ2v) is 7.76. The van der Waals surface area contributed by atoms with Gasteiger partial charge in [0.15, 0.2) is 0 Å². The monoisotopic (exact) mass is 275 g/mol. The van der Waals surface area contributed by atoms with Crippen LogP contribution in [0.25, 0.3) is 0 Å². The van der Waals surface area contributed by atoms with Crippen LogP contribution in [-0.2, 0) is 6.42 Å². The van der Waals surface area contributed by atoms with Gasteiger partial charge in [0.25, 0.3) is 0 Å². The molecule has 20 heavy (non-hydrogen) atoms. The molecule has 2 fully saturated rings. The number of hydrogen-bond acceptors (Lipinski definition) is 2. The topological polar surface area (TPSA) is 29.9 Å². The van der Waals surface area contributed by atoms with Crippen molar-refractivity contribution in [3.8, 4) is 0 Å². The molecule has 2 aliphatic rings. The van der Waals surface area contributed by atoms with Crippen molar-refractivity contribution < 1.29 is 0 Å². The molecule has 1 aliphatic carbocycles. The predicted molar refractivity (Wildman–Crippen MR) is 82.9 cm³/mol. The zero-order chi connectivity index (χ0) is 14.2. The largest absolute Gasteiger partial charge is 0.310 e. The van der Waals surface area contributed by atoms with Crippen LogP contribution in [0.1, 0.15) is 71.0 Å². The van der Waals surface area contributed by atoms with Crippen LogP contribution in [0.15, 0.2) is 12.3 Å². The highest BCUT2D eigenvalue weighted by atomic mass is 15.3. The van der Waals surface area contributed by atoms with Crippen LogP contribution < -0.4 is 5.32 Å². The van der Waals surface area contributed by atoms with Crippen LogP contribution in [0.5, 0.6) is 0 Å². The molecule has 1 N–H and O–H groups in total. The highest BCUT2D eigenvalue weighted by Gasteiger charge is 2.44. The molecule has 0 amide bonds. The number of nitrogens with zero attached hydrogens (tertiary/aromatic N) is 2. The maximum absolute atomic E-state index is 4.89. The van der Waals surface area contributed by atoms with E-state index < -0.39 is 0 Å². The first-order valence-corrected chi connectivity index (χ1v) is 8.29. The summed E-state index contributed by atoms with van der Waals surface area (Å²) in [6.07, 6.45) is 11.2. The lowest BCUT2D eigenvalue weighted by atomic mass is 9.70. The minimum absolute atomic E-state index is 0.224. The van der Waals surface area contributed by atoms with Crippen molar-refractivity contribution in [3.05, 3.63) is 18.0 Å². The fraction of sp³-hybridized carbons (Fsp3) is 0.824. The molecule has 1 unspecified atom stereocenters. The summed E-state index contributed by atoms with van der Waals surface area (Å²) < 4.78 is 2.23. The molecule has 1 atom stereocenters. The maximum atomic E-state index is 4.89. The highest BCUT2D eigenvalue weighted by molar-refractivity contribution is 5.12. The second-order valence-electron chi connectivity index (χ2n) is 7.76. The van der Waals surface area contributed by atoms with Gasteiger partial charge in [-0.25, -0.2) is 0 Å². The molecule has 0 aromatic carbocycles. The van der Waals surface area contributed by atoms with E-state index in [1.54, 1.807) is 0 Å². The molecule has 3 nitrogen and oxygen atoms in total. The summed E-state index contributed by atoms with van der Waals surface area (Å²) in [6.45, 7) is 8.23. The normalized spacial score (nSPS) is 28.4. The van der Waals surface area contributed by atoms with Gasteiger partial charge in [-0.2, -0.15) is 5.10 Å². The van der Waals surface area contributed by atoms with Crippen LogP contribution >= 0.6 is 0 Å². The van der Waals surface area contributed by atoms with E-state index in [2.05, 4.69) is 43.0 Å². The Kier molecular flexibility index (Phi) is 3.65. The summed E-state index contributed by atoms with van der Waals surface area (Å²) in [6, 6.07) is 2.90. The van der Waals surface area contributed by atoms with Crippen molar-refractivity contribution in [1.82, 2.24) is 15.1 Å². The van der Waals surface area contributed by atoms with Gasteiger partial charge >= 0.3 is 0 Å². The third kappa shape index (κ3) is 2.52. The van der Waals surface area contributed by atoms with Crippen LogP contribution in [0.4, 0.5) is 0 Å². The first-order chi connectivity index (χ1) is 9.50. The Morgan fingerprint density at radius 2 is 2.05 bits per heavy atom. The summed E-state index contributed by atoms with van der Waals surface area (Å²) in [5.41, 5.74) is 1.77. The van der Waals surface area contributed by atoms with Crippen molar-refractivity contribution >= 4 is 0 Å². The molecule has 1 aromatic rings. The summed E-state index contributed by atoms with van der Waals surface area (Å²) in [5, 5.41) is 8.68. The van der Waals surface area contributed by atoms with Gasteiger partial charge in [-0.3, -0.25) is 4.68 Å². The second kappa shape index (κ2) is 5.18. The van der Waals surface area contributed by atoms with E-state index in [1.165, 1.54) is 44.2 Å². The van der Waals surface area contributed by atoms with Gasteiger partial charge in [0.05, 0.1) is 11.7 Å². The van der Waals surface area contributed by atoms with E-state index in [0.717, 1.165) is 13.0 Å². The van der Waals surface area contributed by atoms with Gasteiger partial charge in [0, 0.05) is 18.2 Å². The van der Waals surface area contributed by atoms with E-state index in [0.29, 0.717) is 6.04 Å². The zero-order valence-electron chi connectivity index (χ0n) is 13.3. The van der Waals surface area contributed by atoms with Crippen LogP contribution in [0.3, 0.4) is 0 Å². The third-order valence-electron chi connectivity index (χ3n) is 5.52. The average Bonchev–Trinajstić information content (AvgIpc) is 3.09. The average molecular weight is 275 g/mol. The van der Waals surface area contributed by atoms with E-state index >= 15 is 0 Å². The molecule has 2 heterocycles. The SMILES string of the molecule is CC(C)(C)C1(Cc2ccn(C3CCCC3)n2)CCCN1. The fourth-order valence-corrected chi connectivity index (χ4v) is 4.02. The quantitative estimate of drug-likeness (QED) is 0.911. The number of aromatic nitrogens is 2. The minimum atomic E-state index is 0.224. The van der Waals surface area contributed by atoms with E-state index in [4.69, 9.17) is 5.10 Å². The lowest BCUT2D eigenvalue weighted by molar-refractivity contribution is 0.158. The summed E-state index contributed by atoms with van der Waals surface area (Å²) in [7, 11) is 0. The Bertz CT molecular complexity index is 443. The molecule has 0 bridgehead atoms. The standard InChI is InChI=1S/C17H29N3/c1-16(2,3)17(10-6-11-18-17)13-14-9-12-20(19-14)15-7-4-5-8-15/h9,12,15,18H,4-8,10-11,13H2,1-3H3. The van der Waals surface area contributed by atoms with Crippen LogP contribution in [0.2, 0.25) is 0 Å². The molecule has 1 saturated heterocycles. The van der Waals surface area contributed by atoms with Crippen molar-refractivity contribution in [1.29, 1.82) is 0 Å². The lowest BCUT2D eigenvalue weighted by Crippen LogP contribution is -2.52. The molecule has 3 rings (SSSR count). The van der Waals surface area contributed by atoms with E-state index in [1.807, 2.05) is 0 Å². The van der Waals surface area contributed by atoms with Crippen molar-refractivity contribution in [3.63, 3.8) is 0 Å². The Morgan fingerprint density at radius 1 is 1.30 bits per heavy atom. The molecule has 0 radical (unpaired) electrons. The van der Waals surface area contributed by atoms with Crippen molar-refractivity contribution in [2.75, 3.05) is 6.54 Å².